The van der Waals surface area contributed by atoms with Gasteiger partial charge in [0.15, 0.2) is 43.4 Å². The van der Waals surface area contributed by atoms with Gasteiger partial charge in [-0.2, -0.15) is 0 Å². The minimum Gasteiger partial charge on any atom is -0.463 e. The monoisotopic (exact) mass is 1140 g/mol. The highest BCUT2D eigenvalue weighted by Crippen LogP contribution is 2.41. The molecule has 2 aromatic carbocycles. The van der Waals surface area contributed by atoms with E-state index in [4.69, 9.17) is 61.6 Å². The molecule has 2 aromatic rings. The standard InChI is InChI=1S/C47H56FN15O18/c1-22(64)69-21-33-40(80-45-35(58-63-53)42(74-25(4)67)39(73-24(3)66)32(76-45)18-55-60-50)44(75-26(5)68)47(78-33)81-43-36(72-23(2)65)29(56-61-51)16-30(57-62-52)37(43)79-46-41(71-20-28-14-10-7-11-15-28)34(48)38(31(77-46)17-54-59-49)70-19-27-12-8-6-9-13-27/h6-15,29-47H,16-21H2,1-5H3/t29-,30+,31-,32+,33-,34+,35-,36+,37-,38-,39-,40-,41-,42-,43-,44-,45-,46-,47+/m1/s1. The molecule has 3 saturated heterocycles. The van der Waals surface area contributed by atoms with E-state index in [2.05, 4.69) is 50.1 Å². The molecule has 0 bridgehead atoms. The molecule has 34 heteroatoms. The second-order valence-corrected chi connectivity index (χ2v) is 18.3. The number of benzene rings is 2. The van der Waals surface area contributed by atoms with E-state index in [1.165, 1.54) is 0 Å². The van der Waals surface area contributed by atoms with Crippen molar-refractivity contribution in [2.75, 3.05) is 19.7 Å². The normalized spacial score (nSPS) is 32.2. The molecule has 0 amide bonds. The molecule has 0 N–H and O–H groups in total. The van der Waals surface area contributed by atoms with Gasteiger partial charge in [-0.1, -0.05) is 86.2 Å². The van der Waals surface area contributed by atoms with Gasteiger partial charge in [0.05, 0.1) is 50.6 Å². The predicted molar refractivity (Wildman–Crippen MR) is 266 cm³/mol. The van der Waals surface area contributed by atoms with Gasteiger partial charge in [-0.15, -0.1) is 0 Å². The summed E-state index contributed by atoms with van der Waals surface area (Å²) >= 11 is 0. The summed E-state index contributed by atoms with van der Waals surface area (Å²) < 4.78 is 96.3. The summed E-state index contributed by atoms with van der Waals surface area (Å²) in [5.74, 6) is -4.77. The van der Waals surface area contributed by atoms with Gasteiger partial charge in [-0.3, -0.25) is 24.0 Å². The van der Waals surface area contributed by atoms with Crippen LogP contribution >= 0.6 is 0 Å². The van der Waals surface area contributed by atoms with E-state index in [9.17, 15) is 51.6 Å². The van der Waals surface area contributed by atoms with Crippen molar-refractivity contribution in [3.05, 3.63) is 124 Å². The Hall–Kier alpha value is -8.05. The summed E-state index contributed by atoms with van der Waals surface area (Å²) in [6, 6.07) is 12.6. The van der Waals surface area contributed by atoms with Gasteiger partial charge >= 0.3 is 29.8 Å². The number of alkyl halides is 1. The Kier molecular flexibility index (Phi) is 23.4. The fourth-order valence-corrected chi connectivity index (χ4v) is 9.50. The van der Waals surface area contributed by atoms with Crippen molar-refractivity contribution in [2.45, 2.75) is 171 Å². The van der Waals surface area contributed by atoms with Crippen LogP contribution in [0.4, 0.5) is 4.39 Å². The van der Waals surface area contributed by atoms with Gasteiger partial charge in [0.25, 0.3) is 0 Å². The van der Waals surface area contributed by atoms with Gasteiger partial charge < -0.3 is 61.6 Å². The van der Waals surface area contributed by atoms with Gasteiger partial charge in [-0.05, 0) is 45.2 Å². The van der Waals surface area contributed by atoms with Crippen molar-refractivity contribution in [1.29, 1.82) is 0 Å². The summed E-state index contributed by atoms with van der Waals surface area (Å²) in [6.07, 6.45) is -28.5. The zero-order valence-corrected chi connectivity index (χ0v) is 43.9. The van der Waals surface area contributed by atoms with Crippen molar-refractivity contribution in [3.63, 3.8) is 0 Å². The maximum absolute atomic E-state index is 17.6. The lowest BCUT2D eigenvalue weighted by Gasteiger charge is -2.48. The molecule has 33 nitrogen and oxygen atoms in total. The van der Waals surface area contributed by atoms with E-state index in [1.54, 1.807) is 60.7 Å². The average Bonchev–Trinajstić information content (AvgIpc) is 3.95. The van der Waals surface area contributed by atoms with Gasteiger partial charge in [0.2, 0.25) is 0 Å². The molecule has 0 aromatic heterocycles. The van der Waals surface area contributed by atoms with Crippen LogP contribution in [-0.2, 0) is 98.8 Å². The minimum absolute atomic E-state index is 0.133. The third-order valence-electron chi connectivity index (χ3n) is 12.7. The molecule has 0 radical (unpaired) electrons. The van der Waals surface area contributed by atoms with Crippen LogP contribution in [0, 0.1) is 0 Å². The Morgan fingerprint density at radius 3 is 1.47 bits per heavy atom. The van der Waals surface area contributed by atoms with E-state index in [0.29, 0.717) is 11.1 Å². The van der Waals surface area contributed by atoms with E-state index in [1.807, 2.05) is 0 Å². The molecular formula is C47H56FN15O18. The van der Waals surface area contributed by atoms with Crippen LogP contribution in [0.15, 0.2) is 86.2 Å². The molecule has 4 aliphatic rings. The summed E-state index contributed by atoms with van der Waals surface area (Å²) in [5, 5.41) is 18.6. The van der Waals surface area contributed by atoms with Gasteiger partial charge in [0, 0.05) is 59.2 Å². The number of esters is 5. The van der Waals surface area contributed by atoms with E-state index in [0.717, 1.165) is 34.6 Å². The average molecular weight is 1140 g/mol. The first-order valence-corrected chi connectivity index (χ1v) is 24.8. The van der Waals surface area contributed by atoms with Crippen LogP contribution in [0.25, 0.3) is 52.2 Å². The van der Waals surface area contributed by atoms with Crippen molar-refractivity contribution >= 4 is 29.8 Å². The van der Waals surface area contributed by atoms with Crippen LogP contribution in [0.1, 0.15) is 52.2 Å². The first kappa shape index (κ1) is 62.2. The zero-order valence-electron chi connectivity index (χ0n) is 43.9. The Bertz CT molecular complexity index is 2750. The highest BCUT2D eigenvalue weighted by Gasteiger charge is 2.59. The molecule has 434 valence electrons. The Balaban J connectivity index is 1.46. The predicted octanol–water partition coefficient (Wildman–Crippen LogP) is 6.18. The Morgan fingerprint density at radius 1 is 0.494 bits per heavy atom. The molecule has 0 unspecified atom stereocenters. The molecule has 3 aliphatic heterocycles. The fourth-order valence-electron chi connectivity index (χ4n) is 9.50. The number of hydrogen-bond acceptors (Lipinski definition) is 23. The quantitative estimate of drug-likeness (QED) is 0.0352. The van der Waals surface area contributed by atoms with Crippen molar-refractivity contribution in [1.82, 2.24) is 0 Å². The van der Waals surface area contributed by atoms with Crippen molar-refractivity contribution in [2.24, 2.45) is 25.6 Å². The van der Waals surface area contributed by atoms with Crippen LogP contribution in [0.5, 0.6) is 0 Å². The van der Waals surface area contributed by atoms with E-state index < -0.39 is 172 Å². The third kappa shape index (κ3) is 17.0. The second kappa shape index (κ2) is 30.5. The van der Waals surface area contributed by atoms with Crippen LogP contribution in [-0.4, -0.2) is 166 Å². The van der Waals surface area contributed by atoms with Crippen LogP contribution < -0.4 is 0 Å². The molecule has 1 aliphatic carbocycles. The SMILES string of the molecule is CC(=O)OC[C@H]1O[C@@H](O[C@@H]2[C@@H](OC(C)=O)[C@H](N=[N+]=[N-])C[C@H](N=[N+]=[N-])[C@H]2O[C@H]2O[C@H](CN=[N+]=[N-])[C@@H](OCc3ccccc3)[C@H](F)[C@H]2OCc2ccccc2)[C@H](OC(C)=O)[C@@H]1O[C@H]1O[C@@H](CN=[N+]=[N-])[C@@H](OC(C)=O)[C@H](OC(C)=O)[C@H]1N=[N+]=[N-]. The number of carbonyl (C=O) groups excluding carboxylic acids is 5. The van der Waals surface area contributed by atoms with Crippen LogP contribution in [0.2, 0.25) is 0 Å². The molecule has 19 atom stereocenters. The summed E-state index contributed by atoms with van der Waals surface area (Å²) in [7, 11) is 0. The number of azide groups is 5. The van der Waals surface area contributed by atoms with Crippen LogP contribution in [0.3, 0.4) is 0 Å². The minimum atomic E-state index is -2.14. The van der Waals surface area contributed by atoms with E-state index >= 15 is 4.39 Å². The molecular weight excluding hydrogens is 1080 g/mol. The lowest BCUT2D eigenvalue weighted by Crippen LogP contribution is -2.64. The molecule has 4 fully saturated rings. The topological polar surface area (TPSA) is 449 Å². The molecule has 1 saturated carbocycles. The Morgan fingerprint density at radius 2 is 0.938 bits per heavy atom. The maximum atomic E-state index is 17.6. The number of hydrogen-bond donors (Lipinski definition) is 0. The first-order valence-electron chi connectivity index (χ1n) is 24.8. The van der Waals surface area contributed by atoms with E-state index in [-0.39, 0.29) is 13.2 Å². The molecule has 6 rings (SSSR count). The lowest BCUT2D eigenvalue weighted by molar-refractivity contribution is -0.334. The van der Waals surface area contributed by atoms with Crippen molar-refractivity contribution in [3.8, 4) is 0 Å². The number of carbonyl (C=O) groups is 5. The zero-order chi connectivity index (χ0) is 58.6. The lowest BCUT2D eigenvalue weighted by atomic mass is 9.83. The molecule has 81 heavy (non-hydrogen) atoms. The number of nitrogens with zero attached hydrogens (tertiary/aromatic N) is 15. The number of halogens is 1. The maximum Gasteiger partial charge on any atom is 0.303 e. The number of rotatable bonds is 25. The smallest absolute Gasteiger partial charge is 0.303 e. The largest absolute Gasteiger partial charge is 0.463 e. The number of ether oxygens (including phenoxy) is 13. The fraction of sp³-hybridized carbons (Fsp3) is 0.638. The third-order valence-corrected chi connectivity index (χ3v) is 12.7. The summed E-state index contributed by atoms with van der Waals surface area (Å²) in [5.41, 5.74) is 49.6. The molecule has 3 heterocycles. The highest BCUT2D eigenvalue weighted by molar-refractivity contribution is 5.68. The molecule has 0 spiro atoms. The summed E-state index contributed by atoms with van der Waals surface area (Å²) in [6.45, 7) is 2.80. The van der Waals surface area contributed by atoms with Gasteiger partial charge in [0.1, 0.15) is 55.4 Å². The van der Waals surface area contributed by atoms with Gasteiger partial charge in [-0.25, -0.2) is 4.39 Å². The first-order chi connectivity index (χ1) is 39.0. The Labute approximate surface area is 458 Å². The van der Waals surface area contributed by atoms with Crippen molar-refractivity contribution < 1.29 is 89.9 Å². The highest BCUT2D eigenvalue weighted by atomic mass is 19.1. The summed E-state index contributed by atoms with van der Waals surface area (Å²) in [4.78, 5) is 77.8. The second-order valence-electron chi connectivity index (χ2n) is 18.3.